The molecule has 23 heteroatoms. The molecule has 23 nitrogen and oxygen atoms in total. The second-order valence-corrected chi connectivity index (χ2v) is 19.4. The number of aliphatic hydroxyl groups is 7. The Hall–Kier alpha value is -0.920. The van der Waals surface area contributed by atoms with Crippen LogP contribution in [0.1, 0.15) is 84.0 Å². The molecule has 8 aliphatic heterocycles. The van der Waals surface area contributed by atoms with Crippen LogP contribution in [0.5, 0.6) is 0 Å². The number of hydrogen-bond donors (Lipinski definition) is 7. The van der Waals surface area contributed by atoms with Crippen molar-refractivity contribution in [1.82, 2.24) is 0 Å². The average Bonchev–Trinajstić information content (AvgIpc) is 3.32. The molecule has 394 valence electrons. The summed E-state index contributed by atoms with van der Waals surface area (Å²) in [5.41, 5.74) is 0. The quantitative estimate of drug-likeness (QED) is 0.0869. The van der Waals surface area contributed by atoms with Gasteiger partial charge in [-0.1, -0.05) is 19.8 Å². The fraction of sp³-hybridized carbons (Fsp3) is 1.00. The van der Waals surface area contributed by atoms with E-state index in [-0.39, 0.29) is 96.5 Å². The maximum absolute atomic E-state index is 11.0. The van der Waals surface area contributed by atoms with Crippen LogP contribution in [0.15, 0.2) is 0 Å². The van der Waals surface area contributed by atoms with Crippen molar-refractivity contribution in [2.24, 2.45) is 5.92 Å². The predicted octanol–water partition coefficient (Wildman–Crippen LogP) is -0.977. The van der Waals surface area contributed by atoms with E-state index in [0.29, 0.717) is 25.9 Å². The largest absolute Gasteiger partial charge is 0.388 e. The van der Waals surface area contributed by atoms with Gasteiger partial charge in [0.1, 0.15) is 42.7 Å². The summed E-state index contributed by atoms with van der Waals surface area (Å²) in [6.45, 7) is 3.54. The van der Waals surface area contributed by atoms with Gasteiger partial charge in [-0.05, 0) is 25.7 Å². The number of rotatable bonds is 18. The number of methoxy groups -OCH3 is 1. The van der Waals surface area contributed by atoms with Gasteiger partial charge in [-0.3, -0.25) is 0 Å². The molecule has 68 heavy (non-hydrogen) atoms. The van der Waals surface area contributed by atoms with Crippen LogP contribution in [-0.2, 0) is 75.8 Å². The Kier molecular flexibility index (Phi) is 20.3. The average molecular weight is 985 g/mol. The van der Waals surface area contributed by atoms with Crippen LogP contribution in [0.4, 0.5) is 0 Å². The van der Waals surface area contributed by atoms with Crippen LogP contribution in [0.3, 0.4) is 0 Å². The Morgan fingerprint density at radius 2 is 0.765 bits per heavy atom. The molecular formula is C45H76O23. The second-order valence-electron chi connectivity index (χ2n) is 19.4. The summed E-state index contributed by atoms with van der Waals surface area (Å²) >= 11 is 0. The molecule has 0 bridgehead atoms. The van der Waals surface area contributed by atoms with Gasteiger partial charge in [0, 0.05) is 58.2 Å². The Bertz CT molecular complexity index is 1470. The lowest BCUT2D eigenvalue weighted by atomic mass is 9.92. The van der Waals surface area contributed by atoms with E-state index in [0.717, 1.165) is 25.7 Å². The van der Waals surface area contributed by atoms with Crippen LogP contribution in [0.2, 0.25) is 0 Å². The maximum atomic E-state index is 11.0. The van der Waals surface area contributed by atoms with Crippen molar-refractivity contribution in [3.63, 3.8) is 0 Å². The molecule has 23 atom stereocenters. The molecule has 0 aromatic heterocycles. The normalized spacial score (nSPS) is 47.7. The van der Waals surface area contributed by atoms with E-state index in [1.807, 2.05) is 0 Å². The molecule has 0 radical (unpaired) electrons. The lowest BCUT2D eigenvalue weighted by Crippen LogP contribution is -2.53. The molecule has 0 saturated carbocycles. The lowest BCUT2D eigenvalue weighted by Gasteiger charge is -2.42. The molecule has 8 saturated heterocycles. The second kappa shape index (κ2) is 25.8. The first-order valence-corrected chi connectivity index (χ1v) is 24.7. The summed E-state index contributed by atoms with van der Waals surface area (Å²) in [6.07, 6.45) is -10.7. The Balaban J connectivity index is 0.696. The molecule has 0 amide bonds. The fourth-order valence-corrected chi connectivity index (χ4v) is 10.0. The first-order valence-electron chi connectivity index (χ1n) is 24.7. The van der Waals surface area contributed by atoms with Crippen molar-refractivity contribution < 1.29 is 112 Å². The Labute approximate surface area is 396 Å². The van der Waals surface area contributed by atoms with Crippen LogP contribution in [-0.4, -0.2) is 231 Å². The molecule has 0 spiro atoms. The molecule has 8 fully saturated rings. The zero-order valence-corrected chi connectivity index (χ0v) is 39.1. The van der Waals surface area contributed by atoms with Gasteiger partial charge in [0.05, 0.1) is 89.0 Å². The lowest BCUT2D eigenvalue weighted by molar-refractivity contribution is -0.332. The summed E-state index contributed by atoms with van der Waals surface area (Å²) < 4.78 is 94.4. The predicted molar refractivity (Wildman–Crippen MR) is 226 cm³/mol. The number of aliphatic hydroxyl groups excluding tert-OH is 7. The van der Waals surface area contributed by atoms with E-state index < -0.39 is 124 Å². The number of hydrogen-bond acceptors (Lipinski definition) is 23. The minimum Gasteiger partial charge on any atom is -0.388 e. The van der Waals surface area contributed by atoms with E-state index in [2.05, 4.69) is 6.92 Å². The van der Waals surface area contributed by atoms with Gasteiger partial charge >= 0.3 is 0 Å². The highest BCUT2D eigenvalue weighted by atomic mass is 16.8. The van der Waals surface area contributed by atoms with E-state index in [4.69, 9.17) is 75.8 Å². The molecule has 8 heterocycles. The van der Waals surface area contributed by atoms with E-state index in [9.17, 15) is 35.7 Å². The van der Waals surface area contributed by atoms with Gasteiger partial charge in [-0.2, -0.15) is 0 Å². The van der Waals surface area contributed by atoms with Crippen molar-refractivity contribution in [3.05, 3.63) is 0 Å². The number of unbranched alkanes of at least 4 members (excludes halogenated alkanes) is 1. The molecular weight excluding hydrogens is 908 g/mol. The van der Waals surface area contributed by atoms with Crippen LogP contribution in [0, 0.1) is 5.92 Å². The minimum absolute atomic E-state index is 0.00463. The molecule has 7 N–H and O–H groups in total. The van der Waals surface area contributed by atoms with Gasteiger partial charge in [-0.15, -0.1) is 0 Å². The molecule has 0 unspecified atom stereocenters. The Morgan fingerprint density at radius 1 is 0.397 bits per heavy atom. The number of ether oxygens (including phenoxy) is 16. The Morgan fingerprint density at radius 3 is 1.19 bits per heavy atom. The highest BCUT2D eigenvalue weighted by Crippen LogP contribution is 2.34. The minimum atomic E-state index is -1.22. The van der Waals surface area contributed by atoms with Crippen molar-refractivity contribution in [3.8, 4) is 0 Å². The van der Waals surface area contributed by atoms with Gasteiger partial charge in [0.25, 0.3) is 0 Å². The highest BCUT2D eigenvalue weighted by molar-refractivity contribution is 4.86. The smallest absolute Gasteiger partial charge is 0.184 e. The summed E-state index contributed by atoms with van der Waals surface area (Å²) in [7, 11) is 1.55. The summed E-state index contributed by atoms with van der Waals surface area (Å²) in [4.78, 5) is 0. The fourth-order valence-electron chi connectivity index (χ4n) is 10.0. The molecule has 8 aliphatic rings. The van der Waals surface area contributed by atoms with E-state index >= 15 is 0 Å². The first kappa shape index (κ1) is 53.4. The third kappa shape index (κ3) is 14.6. The molecule has 0 aliphatic carbocycles. The molecule has 8 rings (SSSR count). The van der Waals surface area contributed by atoms with Gasteiger partial charge in [0.2, 0.25) is 0 Å². The molecule has 0 aromatic rings. The van der Waals surface area contributed by atoms with Crippen molar-refractivity contribution in [2.45, 2.75) is 220 Å². The zero-order valence-electron chi connectivity index (χ0n) is 39.1. The first-order chi connectivity index (χ1) is 32.9. The maximum Gasteiger partial charge on any atom is 0.184 e. The summed E-state index contributed by atoms with van der Waals surface area (Å²) in [6, 6.07) is 0. The SMILES string of the molecule is CCCC[C@@H]1C[C@H](O[C@H]2OC[C@@H](O[C@H]3OC[C@@H](O[C@H]4OC[C@@H](O[C@H]5OC[C@@H](O[C@H]6OC[C@@H](O[C@H]7OCCC[C@H]7O)C[C@H]6OC)C[C@H]5O)C[C@H]4O)C[C@H]3O)C[C@H]2O)CO[C@@H]1O[C@@H]1CO[C@H](O)[C@H](O)C1. The third-order valence-corrected chi connectivity index (χ3v) is 13.7. The highest BCUT2D eigenvalue weighted by Gasteiger charge is 2.45. The summed E-state index contributed by atoms with van der Waals surface area (Å²) in [5, 5.41) is 73.8. The van der Waals surface area contributed by atoms with Gasteiger partial charge in [-0.25, -0.2) is 0 Å². The standard InChI is InChI=1S/C45H76O23/c1-3-4-6-23-9-24(17-56-39(23)62-25-10-32(47)38(52)55-16-25)63-41-33(48)11-26(18-57-41)64-42-34(49)12-27(19-58-42)65-43-35(50)13-28(20-59-43)66-44-36(51)14-29(21-60-44)68-45-37(53-2)15-30(22-61-45)67-40-31(46)7-5-8-54-40/h23-52H,3-22H2,1-2H3/t23-,24+,25+,26+,27+,28+,29+,30+,31-,32-,33-,34-,35-,36-,37-,38+,39-,40-,41-,42-,43-,44-,45-/m1/s1. The van der Waals surface area contributed by atoms with Gasteiger partial charge in [0.15, 0.2) is 50.3 Å². The van der Waals surface area contributed by atoms with Crippen molar-refractivity contribution in [2.75, 3.05) is 60.0 Å². The zero-order chi connectivity index (χ0) is 47.7. The van der Waals surface area contributed by atoms with Crippen LogP contribution >= 0.6 is 0 Å². The van der Waals surface area contributed by atoms with Crippen LogP contribution in [0.25, 0.3) is 0 Å². The van der Waals surface area contributed by atoms with Gasteiger partial charge < -0.3 is 112 Å². The topological polar surface area (TPSA) is 289 Å². The molecule has 0 aromatic carbocycles. The van der Waals surface area contributed by atoms with Crippen LogP contribution < -0.4 is 0 Å². The monoisotopic (exact) mass is 984 g/mol. The van der Waals surface area contributed by atoms with Crippen molar-refractivity contribution in [1.29, 1.82) is 0 Å². The van der Waals surface area contributed by atoms with E-state index in [1.54, 1.807) is 7.11 Å². The van der Waals surface area contributed by atoms with Crippen molar-refractivity contribution >= 4 is 0 Å². The van der Waals surface area contributed by atoms with E-state index in [1.165, 1.54) is 0 Å². The third-order valence-electron chi connectivity index (χ3n) is 13.7. The summed E-state index contributed by atoms with van der Waals surface area (Å²) in [5.74, 6) is 0.00463.